The van der Waals surface area contributed by atoms with Crippen LogP contribution < -0.4 is 11.1 Å². The van der Waals surface area contributed by atoms with Crippen molar-refractivity contribution in [1.82, 2.24) is 0 Å². The van der Waals surface area contributed by atoms with Crippen LogP contribution in [0.15, 0.2) is 23.4 Å². The normalized spacial score (nSPS) is 17.7. The van der Waals surface area contributed by atoms with Gasteiger partial charge in [0.1, 0.15) is 5.41 Å². The van der Waals surface area contributed by atoms with Gasteiger partial charge in [0.15, 0.2) is 5.84 Å². The molecule has 0 heterocycles. The largest absolute Gasteiger partial charge is 0.409 e. The van der Waals surface area contributed by atoms with Crippen molar-refractivity contribution in [2.45, 2.75) is 33.1 Å². The molecule has 0 unspecified atom stereocenters. The zero-order valence-electron chi connectivity index (χ0n) is 11.2. The number of amidine groups is 1. The lowest BCUT2D eigenvalue weighted by atomic mass is 9.67. The summed E-state index contributed by atoms with van der Waals surface area (Å²) in [5.74, 6) is -0.193. The van der Waals surface area contributed by atoms with E-state index < -0.39 is 5.41 Å². The molecule has 0 bridgehead atoms. The van der Waals surface area contributed by atoms with Crippen LogP contribution in [0.2, 0.25) is 0 Å². The molecule has 1 amide bonds. The Kier molecular flexibility index (Phi) is 3.46. The van der Waals surface area contributed by atoms with E-state index in [0.29, 0.717) is 12.8 Å². The standard InChI is InChI=1S/C14H19N3O2/c1-9-4-5-11(10(2)8-9)16-13(18)14(6-3-7-14)12(15)17-19/h4-5,8,19H,3,6-7H2,1-2H3,(H2,15,17)(H,16,18). The fourth-order valence-electron chi connectivity index (χ4n) is 2.42. The Balaban J connectivity index is 2.21. The van der Waals surface area contributed by atoms with E-state index in [1.54, 1.807) is 0 Å². The number of amides is 1. The molecule has 102 valence electrons. The van der Waals surface area contributed by atoms with Crippen molar-refractivity contribution in [2.24, 2.45) is 16.3 Å². The van der Waals surface area contributed by atoms with Crippen molar-refractivity contribution in [1.29, 1.82) is 0 Å². The zero-order chi connectivity index (χ0) is 14.0. The van der Waals surface area contributed by atoms with Gasteiger partial charge < -0.3 is 16.3 Å². The molecular formula is C14H19N3O2. The topological polar surface area (TPSA) is 87.7 Å². The van der Waals surface area contributed by atoms with Gasteiger partial charge in [-0.3, -0.25) is 4.79 Å². The van der Waals surface area contributed by atoms with E-state index in [9.17, 15) is 4.79 Å². The highest BCUT2D eigenvalue weighted by Crippen LogP contribution is 2.42. The molecule has 1 aliphatic rings. The highest BCUT2D eigenvalue weighted by Gasteiger charge is 2.48. The molecule has 0 spiro atoms. The first kappa shape index (κ1) is 13.4. The zero-order valence-corrected chi connectivity index (χ0v) is 11.2. The van der Waals surface area contributed by atoms with Gasteiger partial charge in [0.2, 0.25) is 5.91 Å². The van der Waals surface area contributed by atoms with Gasteiger partial charge in [0.25, 0.3) is 0 Å². The van der Waals surface area contributed by atoms with Crippen molar-refractivity contribution >= 4 is 17.4 Å². The first-order valence-corrected chi connectivity index (χ1v) is 6.36. The van der Waals surface area contributed by atoms with Gasteiger partial charge in [-0.25, -0.2) is 0 Å². The Morgan fingerprint density at radius 1 is 1.42 bits per heavy atom. The van der Waals surface area contributed by atoms with E-state index in [1.165, 1.54) is 0 Å². The lowest BCUT2D eigenvalue weighted by molar-refractivity contribution is -0.125. The fourth-order valence-corrected chi connectivity index (χ4v) is 2.42. The van der Waals surface area contributed by atoms with Crippen molar-refractivity contribution < 1.29 is 10.0 Å². The molecule has 0 saturated heterocycles. The third-order valence-electron chi connectivity index (χ3n) is 3.87. The van der Waals surface area contributed by atoms with E-state index in [-0.39, 0.29) is 11.7 Å². The van der Waals surface area contributed by atoms with Crippen molar-refractivity contribution in [2.75, 3.05) is 5.32 Å². The average molecular weight is 261 g/mol. The number of nitrogens with two attached hydrogens (primary N) is 1. The average Bonchev–Trinajstić information content (AvgIpc) is 2.31. The molecule has 19 heavy (non-hydrogen) atoms. The first-order chi connectivity index (χ1) is 8.99. The van der Waals surface area contributed by atoms with Crippen LogP contribution in [0.1, 0.15) is 30.4 Å². The molecule has 1 fully saturated rings. The highest BCUT2D eigenvalue weighted by molar-refractivity contribution is 6.12. The number of carbonyl (C=O) groups is 1. The van der Waals surface area contributed by atoms with Crippen LogP contribution in [0.4, 0.5) is 5.69 Å². The molecule has 5 heteroatoms. The van der Waals surface area contributed by atoms with Crippen molar-refractivity contribution in [3.05, 3.63) is 29.3 Å². The molecule has 0 radical (unpaired) electrons. The summed E-state index contributed by atoms with van der Waals surface area (Å²) in [4.78, 5) is 12.4. The number of anilines is 1. The van der Waals surface area contributed by atoms with Crippen LogP contribution in [-0.2, 0) is 4.79 Å². The smallest absolute Gasteiger partial charge is 0.238 e. The van der Waals surface area contributed by atoms with Crippen LogP contribution in [0.5, 0.6) is 0 Å². The number of rotatable bonds is 3. The Morgan fingerprint density at radius 2 is 2.11 bits per heavy atom. The Labute approximate surface area is 112 Å². The number of nitrogens with one attached hydrogen (secondary N) is 1. The molecule has 1 saturated carbocycles. The minimum Gasteiger partial charge on any atom is -0.409 e. The monoisotopic (exact) mass is 261 g/mol. The van der Waals surface area contributed by atoms with Gasteiger partial charge >= 0.3 is 0 Å². The second-order valence-corrected chi connectivity index (χ2v) is 5.19. The van der Waals surface area contributed by atoms with Gasteiger partial charge in [-0.2, -0.15) is 0 Å². The Hall–Kier alpha value is -2.04. The highest BCUT2D eigenvalue weighted by atomic mass is 16.4. The van der Waals surface area contributed by atoms with Crippen molar-refractivity contribution in [3.8, 4) is 0 Å². The quantitative estimate of drug-likeness (QED) is 0.337. The number of hydrogen-bond donors (Lipinski definition) is 3. The van der Waals surface area contributed by atoms with E-state index in [2.05, 4.69) is 10.5 Å². The third kappa shape index (κ3) is 2.28. The fraction of sp³-hybridized carbons (Fsp3) is 0.429. The number of carbonyl (C=O) groups excluding carboxylic acids is 1. The summed E-state index contributed by atoms with van der Waals surface area (Å²) in [6.45, 7) is 3.95. The number of aryl methyl sites for hydroxylation is 2. The number of oxime groups is 1. The summed E-state index contributed by atoms with van der Waals surface area (Å²) in [6.07, 6.45) is 2.16. The van der Waals surface area contributed by atoms with Gasteiger partial charge in [0.05, 0.1) is 0 Å². The Bertz CT molecular complexity index is 533. The predicted octanol–water partition coefficient (Wildman–Crippen LogP) is 2.16. The predicted molar refractivity (Wildman–Crippen MR) is 74.2 cm³/mol. The van der Waals surface area contributed by atoms with Crippen LogP contribution in [-0.4, -0.2) is 17.0 Å². The molecular weight excluding hydrogens is 242 g/mol. The number of hydrogen-bond acceptors (Lipinski definition) is 3. The van der Waals surface area contributed by atoms with Gasteiger partial charge in [0, 0.05) is 5.69 Å². The molecule has 2 rings (SSSR count). The molecule has 4 N–H and O–H groups in total. The molecule has 1 aromatic rings. The van der Waals surface area contributed by atoms with Gasteiger partial charge in [-0.15, -0.1) is 0 Å². The molecule has 0 atom stereocenters. The molecule has 0 aromatic heterocycles. The minimum absolute atomic E-state index is 0.000940. The maximum absolute atomic E-state index is 12.4. The summed E-state index contributed by atoms with van der Waals surface area (Å²) in [6, 6.07) is 5.83. The number of benzene rings is 1. The maximum atomic E-state index is 12.4. The lowest BCUT2D eigenvalue weighted by Gasteiger charge is -2.38. The maximum Gasteiger partial charge on any atom is 0.238 e. The SMILES string of the molecule is Cc1ccc(NC(=O)C2(/C(N)=N/O)CCC2)c(C)c1. The Morgan fingerprint density at radius 3 is 2.58 bits per heavy atom. The van der Waals surface area contributed by atoms with Crippen LogP contribution >= 0.6 is 0 Å². The van der Waals surface area contributed by atoms with Gasteiger partial charge in [-0.05, 0) is 38.3 Å². The first-order valence-electron chi connectivity index (χ1n) is 6.36. The summed E-state index contributed by atoms with van der Waals surface area (Å²) in [5.41, 5.74) is 7.74. The van der Waals surface area contributed by atoms with Crippen LogP contribution in [0.3, 0.4) is 0 Å². The summed E-state index contributed by atoms with van der Waals surface area (Å²) in [5, 5.41) is 14.7. The molecule has 0 aliphatic heterocycles. The third-order valence-corrected chi connectivity index (χ3v) is 3.87. The molecule has 5 nitrogen and oxygen atoms in total. The number of nitrogens with zero attached hydrogens (tertiary/aromatic N) is 1. The summed E-state index contributed by atoms with van der Waals surface area (Å²) in [7, 11) is 0. The summed E-state index contributed by atoms with van der Waals surface area (Å²) >= 11 is 0. The second-order valence-electron chi connectivity index (χ2n) is 5.19. The van der Waals surface area contributed by atoms with Crippen LogP contribution in [0, 0.1) is 19.3 Å². The van der Waals surface area contributed by atoms with Crippen LogP contribution in [0.25, 0.3) is 0 Å². The lowest BCUT2D eigenvalue weighted by Crippen LogP contribution is -2.51. The molecule has 1 aliphatic carbocycles. The van der Waals surface area contributed by atoms with Gasteiger partial charge in [-0.1, -0.05) is 29.3 Å². The summed E-state index contributed by atoms with van der Waals surface area (Å²) < 4.78 is 0. The van der Waals surface area contributed by atoms with E-state index in [4.69, 9.17) is 10.9 Å². The van der Waals surface area contributed by atoms with Crippen molar-refractivity contribution in [3.63, 3.8) is 0 Å². The minimum atomic E-state index is -0.841. The second kappa shape index (κ2) is 4.91. The van der Waals surface area contributed by atoms with E-state index >= 15 is 0 Å². The molecule has 1 aromatic carbocycles. The van der Waals surface area contributed by atoms with E-state index in [1.807, 2.05) is 32.0 Å². The van der Waals surface area contributed by atoms with E-state index in [0.717, 1.165) is 23.2 Å².